The number of thiophene rings is 1. The molecule has 0 spiro atoms. The Morgan fingerprint density at radius 1 is 1.27 bits per heavy atom. The van der Waals surface area contributed by atoms with Crippen LogP contribution in [0.4, 0.5) is 5.00 Å². The summed E-state index contributed by atoms with van der Waals surface area (Å²) in [5.41, 5.74) is 8.98. The van der Waals surface area contributed by atoms with E-state index in [0.717, 1.165) is 22.4 Å². The van der Waals surface area contributed by atoms with Crippen LogP contribution in [-0.2, 0) is 9.53 Å². The third-order valence-electron chi connectivity index (χ3n) is 4.66. The third kappa shape index (κ3) is 3.66. The molecule has 6 heteroatoms. The summed E-state index contributed by atoms with van der Waals surface area (Å²) in [4.78, 5) is 25.5. The number of nitrogens with two attached hydrogens (primary N) is 1. The van der Waals surface area contributed by atoms with E-state index >= 15 is 0 Å². The summed E-state index contributed by atoms with van der Waals surface area (Å²) in [6, 6.07) is 8.13. The van der Waals surface area contributed by atoms with Gasteiger partial charge in [-0.25, -0.2) is 0 Å². The molecule has 1 aliphatic heterocycles. The number of anilines is 1. The van der Waals surface area contributed by atoms with Gasteiger partial charge in [0.2, 0.25) is 0 Å². The van der Waals surface area contributed by atoms with Gasteiger partial charge >= 0.3 is 0 Å². The van der Waals surface area contributed by atoms with Crippen molar-refractivity contribution in [2.45, 2.75) is 45.6 Å². The number of rotatable bonds is 5. The van der Waals surface area contributed by atoms with Crippen LogP contribution in [0.1, 0.15) is 53.4 Å². The Morgan fingerprint density at radius 3 is 2.50 bits per heavy atom. The molecule has 5 nitrogen and oxygen atoms in total. The van der Waals surface area contributed by atoms with Gasteiger partial charge in [-0.1, -0.05) is 38.1 Å². The van der Waals surface area contributed by atoms with Gasteiger partial charge in [0, 0.05) is 17.0 Å². The first-order chi connectivity index (χ1) is 12.4. The summed E-state index contributed by atoms with van der Waals surface area (Å²) in [7, 11) is 0. The van der Waals surface area contributed by atoms with E-state index in [-0.39, 0.29) is 5.91 Å². The molecule has 1 aliphatic rings. The van der Waals surface area contributed by atoms with Gasteiger partial charge in [0.15, 0.2) is 0 Å². The molecule has 1 fully saturated rings. The lowest BCUT2D eigenvalue weighted by atomic mass is 9.96. The summed E-state index contributed by atoms with van der Waals surface area (Å²) in [5, 5.41) is 3.35. The van der Waals surface area contributed by atoms with Crippen molar-refractivity contribution in [3.63, 3.8) is 0 Å². The molecule has 0 radical (unpaired) electrons. The molecule has 1 aromatic carbocycles. The first-order valence-electron chi connectivity index (χ1n) is 8.84. The van der Waals surface area contributed by atoms with Gasteiger partial charge in [0.05, 0.1) is 5.56 Å². The molecule has 0 aliphatic carbocycles. The van der Waals surface area contributed by atoms with Crippen molar-refractivity contribution in [1.82, 2.24) is 0 Å². The number of carbonyl (C=O) groups is 2. The van der Waals surface area contributed by atoms with Crippen LogP contribution >= 0.6 is 11.3 Å². The van der Waals surface area contributed by atoms with Crippen molar-refractivity contribution in [1.29, 1.82) is 0 Å². The molecular formula is C20H24N2O3S. The van der Waals surface area contributed by atoms with Crippen LogP contribution in [-0.4, -0.2) is 24.5 Å². The van der Waals surface area contributed by atoms with Gasteiger partial charge in [0.1, 0.15) is 11.1 Å². The highest BCUT2D eigenvalue weighted by molar-refractivity contribution is 7.17. The van der Waals surface area contributed by atoms with E-state index in [0.29, 0.717) is 29.5 Å². The standard InChI is InChI=1S/C20H24N2O3S/c1-11(2)13-6-8-14(9-7-13)16-12(3)26-20(17(16)18(21)23)22-19(24)15-5-4-10-25-15/h6-9,11,15H,4-5,10H2,1-3H3,(H2,21,23)(H,22,24)/t15-/m0/s1. The topological polar surface area (TPSA) is 81.4 Å². The van der Waals surface area contributed by atoms with Gasteiger partial charge in [-0.15, -0.1) is 11.3 Å². The van der Waals surface area contributed by atoms with Crippen molar-refractivity contribution in [3.8, 4) is 11.1 Å². The quantitative estimate of drug-likeness (QED) is 0.830. The fraction of sp³-hybridized carbons (Fsp3) is 0.400. The highest BCUT2D eigenvalue weighted by atomic mass is 32.1. The Bertz CT molecular complexity index is 818. The van der Waals surface area contributed by atoms with Crippen molar-refractivity contribution < 1.29 is 14.3 Å². The maximum absolute atomic E-state index is 12.4. The number of primary amides is 1. The molecule has 1 atom stereocenters. The number of amides is 2. The third-order valence-corrected chi connectivity index (χ3v) is 5.68. The normalized spacial score (nSPS) is 16.8. The van der Waals surface area contributed by atoms with Crippen LogP contribution < -0.4 is 11.1 Å². The lowest BCUT2D eigenvalue weighted by Gasteiger charge is -2.11. The molecule has 2 amide bonds. The SMILES string of the molecule is Cc1sc(NC(=O)[C@@H]2CCCO2)c(C(N)=O)c1-c1ccc(C(C)C)cc1. The highest BCUT2D eigenvalue weighted by Gasteiger charge is 2.27. The molecule has 1 aromatic heterocycles. The molecule has 26 heavy (non-hydrogen) atoms. The van der Waals surface area contributed by atoms with Crippen molar-refractivity contribution in [2.75, 3.05) is 11.9 Å². The second-order valence-electron chi connectivity index (χ2n) is 6.87. The number of carbonyl (C=O) groups excluding carboxylic acids is 2. The molecule has 138 valence electrons. The van der Waals surface area contributed by atoms with E-state index in [1.807, 2.05) is 19.1 Å². The van der Waals surface area contributed by atoms with Crippen LogP contribution in [0.25, 0.3) is 11.1 Å². The number of nitrogens with one attached hydrogen (secondary N) is 1. The van der Waals surface area contributed by atoms with Crippen molar-refractivity contribution in [2.24, 2.45) is 5.73 Å². The van der Waals surface area contributed by atoms with Gasteiger partial charge in [0.25, 0.3) is 11.8 Å². The summed E-state index contributed by atoms with van der Waals surface area (Å²) in [6.45, 7) is 6.80. The average Bonchev–Trinajstić information content (AvgIpc) is 3.22. The smallest absolute Gasteiger partial charge is 0.254 e. The van der Waals surface area contributed by atoms with Gasteiger partial charge in [-0.05, 0) is 36.8 Å². The number of hydrogen-bond acceptors (Lipinski definition) is 4. The maximum Gasteiger partial charge on any atom is 0.254 e. The van der Waals surface area contributed by atoms with Crippen LogP contribution in [0.3, 0.4) is 0 Å². The Kier molecular flexibility index (Phi) is 5.44. The maximum atomic E-state index is 12.4. The number of ether oxygens (including phenoxy) is 1. The van der Waals surface area contributed by atoms with Crippen LogP contribution in [0, 0.1) is 6.92 Å². The zero-order chi connectivity index (χ0) is 18.8. The fourth-order valence-corrected chi connectivity index (χ4v) is 4.31. The molecule has 2 aromatic rings. The molecule has 0 bridgehead atoms. The predicted molar refractivity (Wildman–Crippen MR) is 105 cm³/mol. The van der Waals surface area contributed by atoms with Crippen molar-refractivity contribution >= 4 is 28.2 Å². The zero-order valence-electron chi connectivity index (χ0n) is 15.3. The van der Waals surface area contributed by atoms with Crippen LogP contribution in [0.15, 0.2) is 24.3 Å². The van der Waals surface area contributed by atoms with Crippen LogP contribution in [0.2, 0.25) is 0 Å². The van der Waals surface area contributed by atoms with E-state index < -0.39 is 12.0 Å². The molecule has 0 unspecified atom stereocenters. The monoisotopic (exact) mass is 372 g/mol. The molecule has 2 heterocycles. The first kappa shape index (κ1) is 18.6. The zero-order valence-corrected chi connectivity index (χ0v) is 16.1. The lowest BCUT2D eigenvalue weighted by Crippen LogP contribution is -2.27. The Labute approximate surface area is 157 Å². The second kappa shape index (κ2) is 7.60. The minimum atomic E-state index is -0.542. The van der Waals surface area contributed by atoms with Gasteiger partial charge in [-0.2, -0.15) is 0 Å². The second-order valence-corrected chi connectivity index (χ2v) is 8.09. The number of aryl methyl sites for hydroxylation is 1. The Hall–Kier alpha value is -2.18. The molecular weight excluding hydrogens is 348 g/mol. The average molecular weight is 372 g/mol. The number of hydrogen-bond donors (Lipinski definition) is 2. The molecule has 0 saturated carbocycles. The largest absolute Gasteiger partial charge is 0.368 e. The lowest BCUT2D eigenvalue weighted by molar-refractivity contribution is -0.124. The van der Waals surface area contributed by atoms with Gasteiger partial charge in [-0.3, -0.25) is 9.59 Å². The highest BCUT2D eigenvalue weighted by Crippen LogP contribution is 2.40. The van der Waals surface area contributed by atoms with E-state index in [1.165, 1.54) is 16.9 Å². The first-order valence-corrected chi connectivity index (χ1v) is 9.66. The van der Waals surface area contributed by atoms with E-state index in [4.69, 9.17) is 10.5 Å². The predicted octanol–water partition coefficient (Wildman–Crippen LogP) is 4.06. The van der Waals surface area contributed by atoms with Crippen molar-refractivity contribution in [3.05, 3.63) is 40.3 Å². The Morgan fingerprint density at radius 2 is 1.96 bits per heavy atom. The van der Waals surface area contributed by atoms with E-state index in [9.17, 15) is 9.59 Å². The summed E-state index contributed by atoms with van der Waals surface area (Å²) in [6.07, 6.45) is 1.12. The van der Waals surface area contributed by atoms with Crippen LogP contribution in [0.5, 0.6) is 0 Å². The minimum absolute atomic E-state index is 0.215. The molecule has 1 saturated heterocycles. The van der Waals surface area contributed by atoms with E-state index in [1.54, 1.807) is 0 Å². The summed E-state index contributed by atoms with van der Waals surface area (Å²) < 4.78 is 5.42. The van der Waals surface area contributed by atoms with Gasteiger partial charge < -0.3 is 15.8 Å². The summed E-state index contributed by atoms with van der Waals surface area (Å²) in [5.74, 6) is -0.322. The van der Waals surface area contributed by atoms with E-state index in [2.05, 4.69) is 31.3 Å². The molecule has 3 rings (SSSR count). The Balaban J connectivity index is 1.96. The summed E-state index contributed by atoms with van der Waals surface area (Å²) >= 11 is 1.37. The number of benzene rings is 1. The fourth-order valence-electron chi connectivity index (χ4n) is 3.23. The minimum Gasteiger partial charge on any atom is -0.368 e. The molecule has 3 N–H and O–H groups in total.